The summed E-state index contributed by atoms with van der Waals surface area (Å²) in [6.07, 6.45) is 1.23. The highest BCUT2D eigenvalue weighted by molar-refractivity contribution is 9.10. The number of carbonyl (C=O) groups is 1. The molecule has 0 radical (unpaired) electrons. The van der Waals surface area contributed by atoms with Crippen LogP contribution in [0, 0.1) is 0 Å². The second kappa shape index (κ2) is 8.94. The van der Waals surface area contributed by atoms with Crippen LogP contribution in [0.1, 0.15) is 35.9 Å². The van der Waals surface area contributed by atoms with Gasteiger partial charge in [-0.15, -0.1) is 0 Å². The SMILES string of the molecule is COc1ccc([C@@H]2CC(=O)C3=C(C2)Nc2ccccc2N[C@H]3c2ccc(OC)c(Br)c2)cc1. The molecule has 2 atom stereocenters. The molecule has 3 aromatic carbocycles. The lowest BCUT2D eigenvalue weighted by molar-refractivity contribution is -0.116. The summed E-state index contributed by atoms with van der Waals surface area (Å²) in [6, 6.07) is 21.8. The van der Waals surface area contributed by atoms with Gasteiger partial charge in [0.2, 0.25) is 0 Å². The lowest BCUT2D eigenvalue weighted by atomic mass is 9.78. The minimum absolute atomic E-state index is 0.114. The fourth-order valence-corrected chi connectivity index (χ4v) is 5.27. The average Bonchev–Trinajstić information content (AvgIpc) is 3.01. The molecule has 0 amide bonds. The fraction of sp³-hybridized carbons (Fsp3) is 0.222. The smallest absolute Gasteiger partial charge is 0.163 e. The zero-order valence-corrected chi connectivity index (χ0v) is 20.1. The Labute approximate surface area is 201 Å². The van der Waals surface area contributed by atoms with E-state index in [-0.39, 0.29) is 17.7 Å². The third kappa shape index (κ3) is 4.11. The Balaban J connectivity index is 1.58. The summed E-state index contributed by atoms with van der Waals surface area (Å²) in [6.45, 7) is 0. The molecule has 0 saturated heterocycles. The summed E-state index contributed by atoms with van der Waals surface area (Å²) in [5, 5.41) is 7.21. The number of benzene rings is 3. The maximum atomic E-state index is 13.6. The monoisotopic (exact) mass is 504 g/mol. The van der Waals surface area contributed by atoms with Gasteiger partial charge in [-0.1, -0.05) is 30.3 Å². The Kier molecular flexibility index (Phi) is 5.85. The Bertz CT molecular complexity index is 1240. The van der Waals surface area contributed by atoms with Gasteiger partial charge in [-0.25, -0.2) is 0 Å². The van der Waals surface area contributed by atoms with E-state index in [9.17, 15) is 4.79 Å². The molecule has 6 heteroatoms. The zero-order valence-electron chi connectivity index (χ0n) is 18.5. The number of carbonyl (C=O) groups excluding carboxylic acids is 1. The van der Waals surface area contributed by atoms with E-state index in [1.165, 1.54) is 0 Å². The highest BCUT2D eigenvalue weighted by Gasteiger charge is 2.36. The van der Waals surface area contributed by atoms with Gasteiger partial charge in [0.15, 0.2) is 5.78 Å². The average molecular weight is 505 g/mol. The maximum absolute atomic E-state index is 13.6. The number of anilines is 2. The standard InChI is InChI=1S/C27H25BrN2O3/c1-32-19-10-7-16(8-11-19)18-14-23-26(24(31)15-18)27(17-9-12-25(33-2)20(28)13-17)30-22-6-4-3-5-21(22)29-23/h3-13,18,27,29-30H,14-15H2,1-2H3/t18-,27-/m0/s1. The number of hydrogen-bond acceptors (Lipinski definition) is 5. The molecule has 33 heavy (non-hydrogen) atoms. The number of fused-ring (bicyclic) bond motifs is 1. The molecule has 0 bridgehead atoms. The lowest BCUT2D eigenvalue weighted by Crippen LogP contribution is -2.26. The van der Waals surface area contributed by atoms with E-state index in [0.29, 0.717) is 6.42 Å². The minimum Gasteiger partial charge on any atom is -0.497 e. The van der Waals surface area contributed by atoms with E-state index in [1.54, 1.807) is 14.2 Å². The molecule has 0 fully saturated rings. The normalized spacial score (nSPS) is 19.5. The number of para-hydroxylation sites is 2. The molecule has 0 saturated carbocycles. The molecule has 1 heterocycles. The number of methoxy groups -OCH3 is 2. The molecule has 0 unspecified atom stereocenters. The molecule has 2 N–H and O–H groups in total. The first-order valence-corrected chi connectivity index (χ1v) is 11.7. The number of ether oxygens (including phenoxy) is 2. The third-order valence-corrected chi connectivity index (χ3v) is 7.03. The molecule has 168 valence electrons. The zero-order chi connectivity index (χ0) is 22.9. The Morgan fingerprint density at radius 3 is 2.30 bits per heavy atom. The Morgan fingerprint density at radius 2 is 1.61 bits per heavy atom. The van der Waals surface area contributed by atoms with Gasteiger partial charge in [-0.05, 0) is 75.8 Å². The number of halogens is 1. The van der Waals surface area contributed by atoms with Gasteiger partial charge in [0.1, 0.15) is 11.5 Å². The first-order valence-electron chi connectivity index (χ1n) is 10.9. The number of ketones is 1. The highest BCUT2D eigenvalue weighted by atomic mass is 79.9. The molecule has 5 rings (SSSR count). The molecular weight excluding hydrogens is 480 g/mol. The van der Waals surface area contributed by atoms with Crippen LogP contribution in [0.5, 0.6) is 11.5 Å². The maximum Gasteiger partial charge on any atom is 0.163 e. The number of hydrogen-bond donors (Lipinski definition) is 2. The van der Waals surface area contributed by atoms with Gasteiger partial charge < -0.3 is 20.1 Å². The van der Waals surface area contributed by atoms with Gasteiger partial charge in [0, 0.05) is 17.7 Å². The lowest BCUT2D eigenvalue weighted by Gasteiger charge is -2.30. The summed E-state index contributed by atoms with van der Waals surface area (Å²) in [7, 11) is 3.31. The largest absolute Gasteiger partial charge is 0.497 e. The first kappa shape index (κ1) is 21.6. The Hall–Kier alpha value is -3.25. The number of allylic oxidation sites excluding steroid dienone is 1. The van der Waals surface area contributed by atoms with Crippen molar-refractivity contribution in [2.75, 3.05) is 24.9 Å². The quantitative estimate of drug-likeness (QED) is 0.427. The van der Waals surface area contributed by atoms with Crippen molar-refractivity contribution < 1.29 is 14.3 Å². The summed E-state index contributed by atoms with van der Waals surface area (Å²) in [4.78, 5) is 13.6. The van der Waals surface area contributed by atoms with Gasteiger partial charge in [-0.2, -0.15) is 0 Å². The number of rotatable bonds is 4. The van der Waals surface area contributed by atoms with Crippen molar-refractivity contribution in [3.05, 3.63) is 93.6 Å². The molecule has 3 aromatic rings. The molecule has 1 aliphatic heterocycles. The molecule has 2 aliphatic rings. The first-order chi connectivity index (χ1) is 16.1. The molecule has 5 nitrogen and oxygen atoms in total. The number of nitrogens with one attached hydrogen (secondary N) is 2. The minimum atomic E-state index is -0.261. The highest BCUT2D eigenvalue weighted by Crippen LogP contribution is 2.45. The van der Waals surface area contributed by atoms with Crippen molar-refractivity contribution >= 4 is 33.1 Å². The predicted octanol–water partition coefficient (Wildman–Crippen LogP) is 6.45. The fourth-order valence-electron chi connectivity index (χ4n) is 4.72. The van der Waals surface area contributed by atoms with E-state index < -0.39 is 0 Å². The van der Waals surface area contributed by atoms with Gasteiger partial charge in [0.25, 0.3) is 0 Å². The van der Waals surface area contributed by atoms with E-state index in [2.05, 4.69) is 38.7 Å². The topological polar surface area (TPSA) is 59.6 Å². The van der Waals surface area contributed by atoms with E-state index >= 15 is 0 Å². The van der Waals surface area contributed by atoms with E-state index in [4.69, 9.17) is 9.47 Å². The van der Waals surface area contributed by atoms with Crippen LogP contribution >= 0.6 is 15.9 Å². The second-order valence-corrected chi connectivity index (χ2v) is 9.19. The van der Waals surface area contributed by atoms with Crippen LogP contribution in [0.3, 0.4) is 0 Å². The van der Waals surface area contributed by atoms with Crippen LogP contribution in [-0.4, -0.2) is 20.0 Å². The molecule has 0 spiro atoms. The van der Waals surface area contributed by atoms with Crippen molar-refractivity contribution in [1.82, 2.24) is 0 Å². The van der Waals surface area contributed by atoms with Crippen LogP contribution in [-0.2, 0) is 4.79 Å². The third-order valence-electron chi connectivity index (χ3n) is 6.41. The molecule has 1 aliphatic carbocycles. The van der Waals surface area contributed by atoms with Crippen molar-refractivity contribution in [3.8, 4) is 11.5 Å². The van der Waals surface area contributed by atoms with Gasteiger partial charge in [0.05, 0.1) is 36.1 Å². The van der Waals surface area contributed by atoms with Crippen molar-refractivity contribution in [2.45, 2.75) is 24.8 Å². The van der Waals surface area contributed by atoms with Gasteiger partial charge >= 0.3 is 0 Å². The summed E-state index contributed by atoms with van der Waals surface area (Å²) < 4.78 is 11.6. The van der Waals surface area contributed by atoms with E-state index in [0.717, 1.165) is 56.2 Å². The summed E-state index contributed by atoms with van der Waals surface area (Å²) >= 11 is 3.60. The second-order valence-electron chi connectivity index (χ2n) is 8.34. The van der Waals surface area contributed by atoms with Crippen LogP contribution < -0.4 is 20.1 Å². The van der Waals surface area contributed by atoms with Crippen LogP contribution in [0.2, 0.25) is 0 Å². The van der Waals surface area contributed by atoms with Crippen molar-refractivity contribution in [3.63, 3.8) is 0 Å². The van der Waals surface area contributed by atoms with Gasteiger partial charge in [-0.3, -0.25) is 4.79 Å². The summed E-state index contributed by atoms with van der Waals surface area (Å²) in [5.41, 5.74) is 5.87. The molecular formula is C27H25BrN2O3. The van der Waals surface area contributed by atoms with Crippen LogP contribution in [0.4, 0.5) is 11.4 Å². The van der Waals surface area contributed by atoms with Crippen molar-refractivity contribution in [2.24, 2.45) is 0 Å². The Morgan fingerprint density at radius 1 is 0.879 bits per heavy atom. The van der Waals surface area contributed by atoms with Crippen molar-refractivity contribution in [1.29, 1.82) is 0 Å². The molecule has 0 aromatic heterocycles. The summed E-state index contributed by atoms with van der Waals surface area (Å²) in [5.74, 6) is 1.84. The van der Waals surface area contributed by atoms with Crippen LogP contribution in [0.15, 0.2) is 82.5 Å². The van der Waals surface area contributed by atoms with Crippen LogP contribution in [0.25, 0.3) is 0 Å². The van der Waals surface area contributed by atoms with E-state index in [1.807, 2.05) is 54.6 Å². The number of Topliss-reactive ketones (excluding diaryl/α,β-unsaturated/α-hetero) is 1. The predicted molar refractivity (Wildman–Crippen MR) is 134 cm³/mol.